The number of rotatable bonds is 3. The first-order valence-corrected chi connectivity index (χ1v) is 16.3. The maximum Gasteiger partial charge on any atom is 0.143 e. The van der Waals surface area contributed by atoms with Gasteiger partial charge in [0.15, 0.2) is 0 Å². The SMILES string of the molecule is C=C1N=C2C=CC(c3c4ccccc4c(-c4ccc(-c5ccccc5)c5ccccc45)c4ccccc34)=CN2Sc2ccccc21. The Morgan fingerprint density at radius 2 is 1.02 bits per heavy atom. The Balaban J connectivity index is 1.29. The molecule has 46 heavy (non-hydrogen) atoms. The van der Waals surface area contributed by atoms with E-state index >= 15 is 0 Å². The minimum absolute atomic E-state index is 0.785. The number of benzene rings is 7. The van der Waals surface area contributed by atoms with Crippen LogP contribution in [0.2, 0.25) is 0 Å². The van der Waals surface area contributed by atoms with Crippen LogP contribution in [0.3, 0.4) is 0 Å². The van der Waals surface area contributed by atoms with E-state index in [4.69, 9.17) is 4.99 Å². The molecule has 0 saturated carbocycles. The zero-order chi connectivity index (χ0) is 30.6. The van der Waals surface area contributed by atoms with Gasteiger partial charge >= 0.3 is 0 Å². The summed E-state index contributed by atoms with van der Waals surface area (Å²) in [5.41, 5.74) is 9.23. The number of amidine groups is 1. The molecule has 0 unspecified atom stereocenters. The Kier molecular flexibility index (Phi) is 6.25. The summed E-state index contributed by atoms with van der Waals surface area (Å²) in [7, 11) is 0. The molecule has 0 aliphatic carbocycles. The Bertz CT molecular complexity index is 2410. The predicted octanol–water partition coefficient (Wildman–Crippen LogP) is 11.8. The number of hydrogen-bond donors (Lipinski definition) is 0. The Morgan fingerprint density at radius 3 is 1.72 bits per heavy atom. The van der Waals surface area contributed by atoms with E-state index in [9.17, 15) is 0 Å². The summed E-state index contributed by atoms with van der Waals surface area (Å²) < 4.78 is 2.18. The van der Waals surface area contributed by atoms with Crippen molar-refractivity contribution in [3.63, 3.8) is 0 Å². The van der Waals surface area contributed by atoms with Gasteiger partial charge in [0.2, 0.25) is 0 Å². The van der Waals surface area contributed by atoms with Crippen LogP contribution in [0.5, 0.6) is 0 Å². The summed E-state index contributed by atoms with van der Waals surface area (Å²) in [6, 6.07) is 50.2. The second kappa shape index (κ2) is 10.8. The molecule has 0 radical (unpaired) electrons. The van der Waals surface area contributed by atoms with Crippen molar-refractivity contribution in [2.45, 2.75) is 4.90 Å². The van der Waals surface area contributed by atoms with Crippen LogP contribution >= 0.6 is 11.9 Å². The minimum Gasteiger partial charge on any atom is -0.271 e. The van der Waals surface area contributed by atoms with E-state index in [1.165, 1.54) is 60.1 Å². The molecule has 7 aromatic rings. The molecule has 2 aliphatic rings. The molecule has 0 spiro atoms. The van der Waals surface area contributed by atoms with Crippen molar-refractivity contribution in [2.24, 2.45) is 4.99 Å². The highest BCUT2D eigenvalue weighted by molar-refractivity contribution is 7.97. The van der Waals surface area contributed by atoms with Gasteiger partial charge < -0.3 is 0 Å². The van der Waals surface area contributed by atoms with E-state index in [0.29, 0.717) is 0 Å². The van der Waals surface area contributed by atoms with Gasteiger partial charge in [0.25, 0.3) is 0 Å². The number of fused-ring (bicyclic) bond motifs is 5. The molecule has 2 heterocycles. The number of nitrogens with zero attached hydrogens (tertiary/aromatic N) is 2. The molecule has 0 bridgehead atoms. The van der Waals surface area contributed by atoms with Gasteiger partial charge in [-0.2, -0.15) is 0 Å². The zero-order valence-electron chi connectivity index (χ0n) is 25.0. The molecule has 216 valence electrons. The summed E-state index contributed by atoms with van der Waals surface area (Å²) in [6.07, 6.45) is 6.56. The first-order chi connectivity index (χ1) is 22.7. The standard InChI is InChI=1S/C43H28N2S/c1-28-31-15-11-12-22-40(31)46-45-27-30(23-26-41(45)44-28)42-35-18-7-9-20-37(35)43(38-21-10-8-19-36(38)42)39-25-24-32(29-13-3-2-4-14-29)33-16-5-6-17-34(33)39/h2-27H,1H2. The molecule has 0 aromatic heterocycles. The van der Waals surface area contributed by atoms with Gasteiger partial charge in [0.1, 0.15) is 5.84 Å². The van der Waals surface area contributed by atoms with Gasteiger partial charge in [0.05, 0.1) is 5.70 Å². The van der Waals surface area contributed by atoms with Crippen molar-refractivity contribution in [2.75, 3.05) is 0 Å². The van der Waals surface area contributed by atoms with Gasteiger partial charge in [0, 0.05) is 22.2 Å². The van der Waals surface area contributed by atoms with Crippen molar-refractivity contribution < 1.29 is 0 Å². The van der Waals surface area contributed by atoms with Crippen LogP contribution in [0.25, 0.3) is 65.8 Å². The molecular weight excluding hydrogens is 577 g/mol. The molecule has 0 fully saturated rings. The van der Waals surface area contributed by atoms with E-state index in [1.807, 2.05) is 6.07 Å². The van der Waals surface area contributed by atoms with Gasteiger partial charge in [-0.3, -0.25) is 4.31 Å². The highest BCUT2D eigenvalue weighted by Crippen LogP contribution is 2.46. The van der Waals surface area contributed by atoms with Crippen molar-refractivity contribution in [3.05, 3.63) is 176 Å². The fourth-order valence-corrected chi connectivity index (χ4v) is 7.98. The molecule has 0 amide bonds. The lowest BCUT2D eigenvalue weighted by Crippen LogP contribution is -2.18. The lowest BCUT2D eigenvalue weighted by atomic mass is 9.83. The Hall–Kier alpha value is -5.64. The van der Waals surface area contributed by atoms with Gasteiger partial charge in [-0.1, -0.05) is 140 Å². The van der Waals surface area contributed by atoms with Gasteiger partial charge in [-0.25, -0.2) is 4.99 Å². The number of aliphatic imine (C=N–C) groups is 1. The molecule has 7 aromatic carbocycles. The van der Waals surface area contributed by atoms with E-state index in [2.05, 4.69) is 163 Å². The smallest absolute Gasteiger partial charge is 0.143 e. The average Bonchev–Trinajstić information content (AvgIpc) is 3.25. The summed E-state index contributed by atoms with van der Waals surface area (Å²) >= 11 is 1.69. The van der Waals surface area contributed by atoms with Crippen LogP contribution in [0.15, 0.2) is 174 Å². The number of allylic oxidation sites excluding steroid dienone is 2. The molecule has 3 heteroatoms. The van der Waals surface area contributed by atoms with E-state index in [1.54, 1.807) is 11.9 Å². The largest absolute Gasteiger partial charge is 0.271 e. The predicted molar refractivity (Wildman–Crippen MR) is 198 cm³/mol. The van der Waals surface area contributed by atoms with Crippen molar-refractivity contribution in [1.82, 2.24) is 4.31 Å². The number of hydrogen-bond acceptors (Lipinski definition) is 3. The summed E-state index contributed by atoms with van der Waals surface area (Å²) in [5.74, 6) is 0.880. The monoisotopic (exact) mass is 604 g/mol. The second-order valence-corrected chi connectivity index (χ2v) is 12.7. The van der Waals surface area contributed by atoms with Crippen LogP contribution in [-0.4, -0.2) is 10.1 Å². The maximum atomic E-state index is 4.90. The van der Waals surface area contributed by atoms with Crippen LogP contribution in [0.4, 0.5) is 0 Å². The van der Waals surface area contributed by atoms with Crippen LogP contribution in [-0.2, 0) is 0 Å². The third-order valence-corrected chi connectivity index (χ3v) is 10.1. The van der Waals surface area contributed by atoms with Crippen molar-refractivity contribution >= 4 is 61.4 Å². The Morgan fingerprint density at radius 1 is 0.478 bits per heavy atom. The molecule has 2 aliphatic heterocycles. The van der Waals surface area contributed by atoms with Crippen LogP contribution in [0.1, 0.15) is 11.1 Å². The third kappa shape index (κ3) is 4.24. The zero-order valence-corrected chi connectivity index (χ0v) is 25.8. The van der Waals surface area contributed by atoms with Crippen molar-refractivity contribution in [3.8, 4) is 22.3 Å². The van der Waals surface area contributed by atoms with E-state index < -0.39 is 0 Å². The topological polar surface area (TPSA) is 15.6 Å². The molecular formula is C43H28N2S. The summed E-state index contributed by atoms with van der Waals surface area (Å²) in [4.78, 5) is 6.05. The summed E-state index contributed by atoms with van der Waals surface area (Å²) in [6.45, 7) is 4.27. The first kappa shape index (κ1) is 26.7. The van der Waals surface area contributed by atoms with Crippen LogP contribution in [0, 0.1) is 0 Å². The van der Waals surface area contributed by atoms with E-state index in [-0.39, 0.29) is 0 Å². The highest BCUT2D eigenvalue weighted by Gasteiger charge is 2.24. The fraction of sp³-hybridized carbons (Fsp3) is 0. The van der Waals surface area contributed by atoms with Crippen molar-refractivity contribution in [1.29, 1.82) is 0 Å². The second-order valence-electron chi connectivity index (χ2n) is 11.7. The van der Waals surface area contributed by atoms with Gasteiger partial charge in [-0.05, 0) is 90.3 Å². The lowest BCUT2D eigenvalue weighted by Gasteiger charge is -2.24. The molecule has 0 saturated heterocycles. The van der Waals surface area contributed by atoms with E-state index in [0.717, 1.165) is 27.6 Å². The fourth-order valence-electron chi connectivity index (χ4n) is 6.99. The summed E-state index contributed by atoms with van der Waals surface area (Å²) in [5, 5.41) is 7.45. The Labute approximate surface area is 272 Å². The van der Waals surface area contributed by atoms with Crippen LogP contribution < -0.4 is 0 Å². The molecule has 0 N–H and O–H groups in total. The maximum absolute atomic E-state index is 4.90. The third-order valence-electron chi connectivity index (χ3n) is 9.04. The first-order valence-electron chi connectivity index (χ1n) is 15.5. The quantitative estimate of drug-likeness (QED) is 0.147. The molecule has 2 nitrogen and oxygen atoms in total. The van der Waals surface area contributed by atoms with Gasteiger partial charge in [-0.15, -0.1) is 0 Å². The average molecular weight is 605 g/mol. The lowest BCUT2D eigenvalue weighted by molar-refractivity contribution is 0.932. The minimum atomic E-state index is 0.785. The molecule has 9 rings (SSSR count). The highest BCUT2D eigenvalue weighted by atomic mass is 32.2. The normalized spacial score (nSPS) is 14.2. The molecule has 0 atom stereocenters.